The van der Waals surface area contributed by atoms with Crippen molar-refractivity contribution in [3.8, 4) is 0 Å². The molecule has 0 spiro atoms. The summed E-state index contributed by atoms with van der Waals surface area (Å²) in [5.41, 5.74) is 3.27. The number of anilines is 3. The number of H-pyrrole nitrogens is 2. The van der Waals surface area contributed by atoms with Gasteiger partial charge in [-0.2, -0.15) is 9.97 Å². The third kappa shape index (κ3) is 25.6. The van der Waals surface area contributed by atoms with E-state index in [2.05, 4.69) is 77.1 Å². The molecule has 0 atom stereocenters. The molecule has 12 amide bonds. The molecule has 3 aromatic carbocycles. The molecule has 46 nitrogen and oxygen atoms in total. The molecule has 7 aromatic heterocycles. The number of benzene rings is 3. The molecule has 0 bridgehead atoms. The molecule has 0 aliphatic carbocycles. The van der Waals surface area contributed by atoms with E-state index in [1.54, 1.807) is 91.0 Å². The number of aryl methyl sites for hydroxylation is 1. The highest BCUT2D eigenvalue weighted by Gasteiger charge is 2.27. The maximum absolute atomic E-state index is 14.4. The number of aromatic amines is 2. The standard InChI is InChI=1S/C71H75N25O21S2/c1-43-28-93(66(109)86-62(43)106)34-54(103)89(23-19-75-51(100)31-91(25-26-96-70(113)118-119-71(96)114)56(105)35-94-41-79-57-59(77-40-78-60(57)94)83-68(111)116-38-45-13-7-3-8-14-45)30-50(99)73-18-22-88(53(102)33-92-21-17-48(81-65(92)108)82-67(110)115-37-44-11-5-2-6-12-44)29-49(98)74-20-24-90(32-52(101)76-27-47(72)97)55(104)36-95-42-80-58-61(95)84-64(85-63(58)107)87-69(112)117-39-46-15-9-4-10-16-46/h2-17,21,28,40-42H,18-20,22-27,29-39H2,1H3,(H2,72,97)(H,73,99)(H,74,98)(H,75,100)(H,76,101)(H,86,106,109)(H,77,78,83,111)(H,81,82,108,110)(H2,84,85,87,107,112). The van der Waals surface area contributed by atoms with E-state index in [4.69, 9.17) is 19.9 Å². The lowest BCUT2D eigenvalue weighted by atomic mass is 10.2. The van der Waals surface area contributed by atoms with Gasteiger partial charge in [0.05, 0.1) is 45.4 Å². The van der Waals surface area contributed by atoms with Gasteiger partial charge in [-0.1, -0.05) is 91.0 Å². The molecule has 119 heavy (non-hydrogen) atoms. The number of amides is 12. The number of ether oxygens (including phenoxy) is 3. The average molecular weight is 1680 g/mol. The maximum atomic E-state index is 14.4. The van der Waals surface area contributed by atoms with Gasteiger partial charge in [0, 0.05) is 70.3 Å². The van der Waals surface area contributed by atoms with Gasteiger partial charge in [-0.15, -0.1) is 0 Å². The molecule has 0 aliphatic heterocycles. The Morgan fingerprint density at radius 2 is 0.916 bits per heavy atom. The molecule has 0 fully saturated rings. The largest absolute Gasteiger partial charge is 0.444 e. The van der Waals surface area contributed by atoms with E-state index in [-0.39, 0.29) is 78.4 Å². The Balaban J connectivity index is 0.813. The molecule has 0 saturated carbocycles. The van der Waals surface area contributed by atoms with Crippen molar-refractivity contribution in [2.45, 2.75) is 59.5 Å². The van der Waals surface area contributed by atoms with E-state index in [0.29, 0.717) is 37.4 Å². The number of primary amides is 1. The van der Waals surface area contributed by atoms with Crippen LogP contribution in [0.25, 0.3) is 22.3 Å². The summed E-state index contributed by atoms with van der Waals surface area (Å²) in [6.45, 7) is -9.19. The van der Waals surface area contributed by atoms with E-state index in [0.717, 1.165) is 62.9 Å². The number of nitrogens with zero attached hydrogens (tertiary/aromatic N) is 15. The number of nitrogens with one attached hydrogen (secondary N) is 9. The lowest BCUT2D eigenvalue weighted by Gasteiger charge is -2.26. The number of rotatable bonds is 39. The van der Waals surface area contributed by atoms with Gasteiger partial charge in [-0.3, -0.25) is 102 Å². The fraction of sp³-hybridized carbons (Fsp3) is 0.296. The van der Waals surface area contributed by atoms with Crippen molar-refractivity contribution in [2.24, 2.45) is 5.73 Å². The minimum atomic E-state index is -1.07. The second-order valence-electron chi connectivity index (χ2n) is 25.6. The number of fused-ring (bicyclic) bond motifs is 2. The molecule has 11 N–H and O–H groups in total. The van der Waals surface area contributed by atoms with Crippen LogP contribution < -0.4 is 75.2 Å². The second-order valence-corrected chi connectivity index (χ2v) is 27.6. The number of carbonyl (C=O) groups excluding carboxylic acids is 12. The number of imidazole rings is 2. The highest BCUT2D eigenvalue weighted by atomic mass is 32.9. The Bertz CT molecular complexity index is 5760. The van der Waals surface area contributed by atoms with Crippen LogP contribution in [0, 0.1) is 6.92 Å². The second kappa shape index (κ2) is 41.7. The quantitative estimate of drug-likeness (QED) is 0.0135. The van der Waals surface area contributed by atoms with Gasteiger partial charge in [0.25, 0.3) is 11.1 Å². The summed E-state index contributed by atoms with van der Waals surface area (Å²) in [6.07, 6.45) is 2.74. The van der Waals surface area contributed by atoms with Crippen LogP contribution in [0.3, 0.4) is 0 Å². The number of aromatic nitrogens is 13. The predicted octanol–water partition coefficient (Wildman–Crippen LogP) is -3.07. The fourth-order valence-electron chi connectivity index (χ4n) is 11.0. The Morgan fingerprint density at radius 3 is 1.41 bits per heavy atom. The third-order valence-electron chi connectivity index (χ3n) is 17.0. The van der Waals surface area contributed by atoms with Crippen molar-refractivity contribution in [2.75, 3.05) is 94.5 Å². The summed E-state index contributed by atoms with van der Waals surface area (Å²) in [7, 11) is 1.31. The highest BCUT2D eigenvalue weighted by molar-refractivity contribution is 7.67. The summed E-state index contributed by atoms with van der Waals surface area (Å²) in [6, 6.07) is 27.3. The van der Waals surface area contributed by atoms with E-state index in [9.17, 15) is 86.3 Å². The highest BCUT2D eigenvalue weighted by Crippen LogP contribution is 2.19. The number of carbonyl (C=O) groups is 12. The molecule has 48 heteroatoms. The van der Waals surface area contributed by atoms with E-state index in [1.165, 1.54) is 23.9 Å². The van der Waals surface area contributed by atoms with Gasteiger partial charge >= 0.3 is 39.4 Å². The Hall–Kier alpha value is -15.3. The van der Waals surface area contributed by atoms with Gasteiger partial charge in [-0.05, 0) is 50.4 Å². The Morgan fingerprint density at radius 1 is 0.471 bits per heavy atom. The predicted molar refractivity (Wildman–Crippen MR) is 419 cm³/mol. The van der Waals surface area contributed by atoms with Crippen molar-refractivity contribution in [3.63, 3.8) is 0 Å². The van der Waals surface area contributed by atoms with Crippen LogP contribution in [0.2, 0.25) is 0 Å². The third-order valence-corrected chi connectivity index (χ3v) is 18.9. The topological polar surface area (TPSA) is 592 Å². The van der Waals surface area contributed by atoms with Crippen molar-refractivity contribution in [1.82, 2.24) is 104 Å². The molecule has 7 heterocycles. The van der Waals surface area contributed by atoms with Crippen LogP contribution in [0.1, 0.15) is 22.3 Å². The summed E-state index contributed by atoms with van der Waals surface area (Å²) < 4.78 is 20.7. The smallest absolute Gasteiger partial charge is 0.414 e. The van der Waals surface area contributed by atoms with Gasteiger partial charge in [0.2, 0.25) is 59.1 Å². The SMILES string of the molecule is Cc1cn(CC(=O)N(CCNC(=O)CN(CCn2c(=O)ssc2=O)C(=O)Cn2cnc3c(NC(=O)OCc4ccccc4)ncnc32)CC(=O)NCCN(CC(=O)NCCN(CC(=O)NCC(N)=O)C(=O)Cn2cnc3c(=O)[nH]c(NC(=O)OCc4ccccc4)nc32)C(=O)Cn2ccc(NC(=O)OCc3ccccc3)nc2=O)c(=O)[nH]c1=O. The number of hydrogen-bond acceptors (Lipinski definition) is 29. The lowest BCUT2D eigenvalue weighted by molar-refractivity contribution is -0.138. The zero-order chi connectivity index (χ0) is 85.1. The van der Waals surface area contributed by atoms with E-state index in [1.807, 2.05) is 0 Å². The molecule has 10 aromatic rings. The number of nitrogens with two attached hydrogens (primary N) is 1. The van der Waals surface area contributed by atoms with Gasteiger partial charge in [0.1, 0.15) is 58.1 Å². The molecule has 622 valence electrons. The van der Waals surface area contributed by atoms with Gasteiger partial charge in [0.15, 0.2) is 28.1 Å². The molecule has 10 rings (SSSR count). The Labute approximate surface area is 675 Å². The summed E-state index contributed by atoms with van der Waals surface area (Å²) >= 11 is 0. The fourth-order valence-corrected chi connectivity index (χ4v) is 12.7. The minimum absolute atomic E-state index is 0.0254. The van der Waals surface area contributed by atoms with Crippen molar-refractivity contribution < 1.29 is 71.7 Å². The van der Waals surface area contributed by atoms with Crippen molar-refractivity contribution in [3.05, 3.63) is 212 Å². The zero-order valence-electron chi connectivity index (χ0n) is 62.9. The van der Waals surface area contributed by atoms with E-state index < -0.39 is 202 Å². The van der Waals surface area contributed by atoms with Crippen molar-refractivity contribution in [1.29, 1.82) is 0 Å². The molecule has 0 radical (unpaired) electrons. The minimum Gasteiger partial charge on any atom is -0.444 e. The summed E-state index contributed by atoms with van der Waals surface area (Å²) in [5, 5.41) is 17.0. The molecule has 0 unspecified atom stereocenters. The van der Waals surface area contributed by atoms with Crippen LogP contribution in [-0.2, 0) is 110 Å². The molecule has 0 aliphatic rings. The summed E-state index contributed by atoms with van der Waals surface area (Å²) in [5.74, 6) is -8.77. The van der Waals surface area contributed by atoms with Crippen LogP contribution in [0.5, 0.6) is 0 Å². The zero-order valence-corrected chi connectivity index (χ0v) is 64.6. The first-order valence-corrected chi connectivity index (χ1v) is 37.9. The first-order valence-electron chi connectivity index (χ1n) is 35.8. The van der Waals surface area contributed by atoms with Crippen LogP contribution >= 0.6 is 20.7 Å². The lowest BCUT2D eigenvalue weighted by Crippen LogP contribution is -2.50. The molecular weight excluding hydrogens is 1600 g/mol. The van der Waals surface area contributed by atoms with Gasteiger partial charge in [-0.25, -0.2) is 43.9 Å². The molecular formula is C71H75N25O21S2. The van der Waals surface area contributed by atoms with E-state index >= 15 is 0 Å². The monoisotopic (exact) mass is 1680 g/mol. The van der Waals surface area contributed by atoms with Crippen LogP contribution in [-0.4, -0.2) is 232 Å². The summed E-state index contributed by atoms with van der Waals surface area (Å²) in [4.78, 5) is 271. The Kier molecular flexibility index (Phi) is 30.2. The number of hydrogen-bond donors (Lipinski definition) is 10. The van der Waals surface area contributed by atoms with Crippen molar-refractivity contribution >= 4 is 132 Å². The van der Waals surface area contributed by atoms with Crippen LogP contribution in [0.4, 0.5) is 32.0 Å². The average Bonchev–Trinajstić information content (AvgIpc) is 1.68. The van der Waals surface area contributed by atoms with Crippen LogP contribution in [0.15, 0.2) is 157 Å². The normalized spacial score (nSPS) is 10.9. The maximum Gasteiger partial charge on any atom is 0.414 e. The van der Waals surface area contributed by atoms with Gasteiger partial charge < -0.3 is 69.9 Å². The molecule has 0 saturated heterocycles. The first-order chi connectivity index (χ1) is 57.2. The first kappa shape index (κ1) is 86.2.